The number of methoxy groups -OCH3 is 2. The van der Waals surface area contributed by atoms with E-state index >= 15 is 0 Å². The van der Waals surface area contributed by atoms with E-state index in [4.69, 9.17) is 21.1 Å². The minimum absolute atomic E-state index is 0.199. The third-order valence-electron chi connectivity index (χ3n) is 5.50. The van der Waals surface area contributed by atoms with E-state index in [9.17, 15) is 0 Å². The largest absolute Gasteiger partial charge is 0.384 e. The van der Waals surface area contributed by atoms with E-state index in [1.807, 2.05) is 14.2 Å². The van der Waals surface area contributed by atoms with Crippen LogP contribution in [0.2, 0.25) is 0 Å². The van der Waals surface area contributed by atoms with Gasteiger partial charge in [0.25, 0.3) is 0 Å². The van der Waals surface area contributed by atoms with Gasteiger partial charge in [0.2, 0.25) is 0 Å². The van der Waals surface area contributed by atoms with Gasteiger partial charge in [0.15, 0.2) is 0 Å². The van der Waals surface area contributed by atoms with Crippen LogP contribution in [0.5, 0.6) is 0 Å². The van der Waals surface area contributed by atoms with Crippen molar-refractivity contribution in [2.45, 2.75) is 64.7 Å². The van der Waals surface area contributed by atoms with Crippen molar-refractivity contribution in [3.8, 4) is 0 Å². The van der Waals surface area contributed by atoms with Crippen LogP contribution in [0.4, 0.5) is 0 Å². The minimum atomic E-state index is 0.199. The molecule has 2 nitrogen and oxygen atoms in total. The van der Waals surface area contributed by atoms with Crippen LogP contribution in [0.1, 0.15) is 64.7 Å². The van der Waals surface area contributed by atoms with Crippen LogP contribution in [-0.4, -0.2) is 33.3 Å². The molecule has 0 radical (unpaired) electrons. The van der Waals surface area contributed by atoms with Crippen LogP contribution in [0.3, 0.4) is 0 Å². The summed E-state index contributed by atoms with van der Waals surface area (Å²) in [4.78, 5) is 0. The van der Waals surface area contributed by atoms with Gasteiger partial charge in [-0.15, -0.1) is 11.6 Å². The van der Waals surface area contributed by atoms with E-state index in [-0.39, 0.29) is 5.41 Å². The number of unbranched alkanes of at least 4 members (excludes halogenated alkanes) is 2. The van der Waals surface area contributed by atoms with Gasteiger partial charge in [-0.2, -0.15) is 0 Å². The minimum Gasteiger partial charge on any atom is -0.384 e. The molecule has 1 atom stereocenters. The Hall–Kier alpha value is 0.210. The maximum atomic E-state index is 5.79. The van der Waals surface area contributed by atoms with Gasteiger partial charge >= 0.3 is 0 Å². The lowest BCUT2D eigenvalue weighted by atomic mass is 9.62. The highest BCUT2D eigenvalue weighted by Gasteiger charge is 2.43. The Bertz CT molecular complexity index is 246. The van der Waals surface area contributed by atoms with E-state index in [1.165, 1.54) is 51.4 Å². The molecular formula is C18H35ClO2. The van der Waals surface area contributed by atoms with Crippen molar-refractivity contribution in [3.05, 3.63) is 0 Å². The Morgan fingerprint density at radius 3 is 2.14 bits per heavy atom. The SMILES string of the molecule is COCC(COC)(C(C)CCCCCCl)C1CCCCC1. The summed E-state index contributed by atoms with van der Waals surface area (Å²) in [5, 5.41) is 0. The summed E-state index contributed by atoms with van der Waals surface area (Å²) < 4.78 is 11.3. The third-order valence-corrected chi connectivity index (χ3v) is 5.76. The van der Waals surface area contributed by atoms with Gasteiger partial charge < -0.3 is 9.47 Å². The Labute approximate surface area is 136 Å². The lowest BCUT2D eigenvalue weighted by molar-refractivity contribution is -0.0778. The van der Waals surface area contributed by atoms with Crippen molar-refractivity contribution in [2.24, 2.45) is 17.3 Å². The van der Waals surface area contributed by atoms with Crippen molar-refractivity contribution in [1.82, 2.24) is 0 Å². The van der Waals surface area contributed by atoms with Crippen LogP contribution < -0.4 is 0 Å². The van der Waals surface area contributed by atoms with Crippen molar-refractivity contribution in [2.75, 3.05) is 33.3 Å². The van der Waals surface area contributed by atoms with Gasteiger partial charge in [-0.3, -0.25) is 0 Å². The maximum Gasteiger partial charge on any atom is 0.0545 e. The molecule has 1 aliphatic carbocycles. The molecule has 0 amide bonds. The van der Waals surface area contributed by atoms with E-state index in [1.54, 1.807) is 0 Å². The standard InChI is InChI=1S/C18H35ClO2/c1-16(10-6-5-9-13-19)18(14-20-2,15-21-3)17-11-7-4-8-12-17/h16-17H,4-15H2,1-3H3. The molecule has 0 spiro atoms. The average molecular weight is 319 g/mol. The molecule has 1 saturated carbocycles. The van der Waals surface area contributed by atoms with Crippen LogP contribution in [0.15, 0.2) is 0 Å². The topological polar surface area (TPSA) is 18.5 Å². The maximum absolute atomic E-state index is 5.79. The van der Waals surface area contributed by atoms with Crippen molar-refractivity contribution in [3.63, 3.8) is 0 Å². The smallest absolute Gasteiger partial charge is 0.0545 e. The van der Waals surface area contributed by atoms with Crippen LogP contribution in [0.25, 0.3) is 0 Å². The van der Waals surface area contributed by atoms with Gasteiger partial charge in [0.05, 0.1) is 13.2 Å². The predicted octanol–water partition coefficient (Wildman–Crippen LogP) is 5.28. The summed E-state index contributed by atoms with van der Waals surface area (Å²) >= 11 is 5.79. The zero-order valence-corrected chi connectivity index (χ0v) is 15.1. The molecule has 1 fully saturated rings. The highest BCUT2D eigenvalue weighted by Crippen LogP contribution is 2.46. The number of hydrogen-bond donors (Lipinski definition) is 0. The fourth-order valence-corrected chi connectivity index (χ4v) is 4.38. The number of alkyl halides is 1. The van der Waals surface area contributed by atoms with Gasteiger partial charge in [-0.25, -0.2) is 0 Å². The number of halogens is 1. The van der Waals surface area contributed by atoms with Gasteiger partial charge in [0.1, 0.15) is 0 Å². The Kier molecular flexibility index (Phi) is 9.96. The Morgan fingerprint density at radius 2 is 1.62 bits per heavy atom. The molecular weight excluding hydrogens is 284 g/mol. The second-order valence-corrected chi connectivity index (χ2v) is 7.25. The van der Waals surface area contributed by atoms with Crippen molar-refractivity contribution >= 4 is 11.6 Å². The summed E-state index contributed by atoms with van der Waals surface area (Å²) in [6.07, 6.45) is 11.8. The Morgan fingerprint density at radius 1 is 1.00 bits per heavy atom. The van der Waals surface area contributed by atoms with Gasteiger partial charge in [-0.1, -0.05) is 39.0 Å². The zero-order chi connectivity index (χ0) is 15.6. The second-order valence-electron chi connectivity index (χ2n) is 6.87. The quantitative estimate of drug-likeness (QED) is 0.381. The van der Waals surface area contributed by atoms with Gasteiger partial charge in [-0.05, 0) is 37.5 Å². The molecule has 1 aliphatic rings. The molecule has 1 unspecified atom stereocenters. The lowest BCUT2D eigenvalue weighted by Crippen LogP contribution is -2.45. The van der Waals surface area contributed by atoms with Crippen LogP contribution >= 0.6 is 11.6 Å². The predicted molar refractivity (Wildman–Crippen MR) is 91.1 cm³/mol. The molecule has 0 aliphatic heterocycles. The number of rotatable bonds is 11. The first-order valence-corrected chi connectivity index (χ1v) is 9.28. The van der Waals surface area contributed by atoms with Crippen LogP contribution in [-0.2, 0) is 9.47 Å². The number of hydrogen-bond acceptors (Lipinski definition) is 2. The fraction of sp³-hybridized carbons (Fsp3) is 1.00. The van der Waals surface area contributed by atoms with Crippen molar-refractivity contribution < 1.29 is 9.47 Å². The molecule has 126 valence electrons. The molecule has 1 rings (SSSR count). The summed E-state index contributed by atoms with van der Waals surface area (Å²) in [5.41, 5.74) is 0.199. The first-order valence-electron chi connectivity index (χ1n) is 8.75. The molecule has 0 bridgehead atoms. The molecule has 0 aromatic rings. The zero-order valence-electron chi connectivity index (χ0n) is 14.3. The van der Waals surface area contributed by atoms with E-state index < -0.39 is 0 Å². The van der Waals surface area contributed by atoms with E-state index in [0.29, 0.717) is 5.92 Å². The second kappa shape index (κ2) is 10.9. The molecule has 0 aromatic heterocycles. The number of ether oxygens (including phenoxy) is 2. The molecule has 21 heavy (non-hydrogen) atoms. The molecule has 0 saturated heterocycles. The third kappa shape index (κ3) is 5.73. The first kappa shape index (κ1) is 19.3. The van der Waals surface area contributed by atoms with E-state index in [0.717, 1.165) is 31.4 Å². The Balaban J connectivity index is 2.71. The highest BCUT2D eigenvalue weighted by molar-refractivity contribution is 6.17. The summed E-state index contributed by atoms with van der Waals surface area (Å²) in [6, 6.07) is 0. The average Bonchev–Trinajstić information content (AvgIpc) is 2.52. The highest BCUT2D eigenvalue weighted by atomic mass is 35.5. The normalized spacial score (nSPS) is 18.9. The lowest BCUT2D eigenvalue weighted by Gasteiger charge is -2.46. The van der Waals surface area contributed by atoms with Crippen molar-refractivity contribution in [1.29, 1.82) is 0 Å². The van der Waals surface area contributed by atoms with Gasteiger partial charge in [0, 0.05) is 25.5 Å². The molecule has 0 aromatic carbocycles. The fourth-order valence-electron chi connectivity index (χ4n) is 4.19. The monoisotopic (exact) mass is 318 g/mol. The molecule has 0 N–H and O–H groups in total. The summed E-state index contributed by atoms with van der Waals surface area (Å²) in [6.45, 7) is 4.08. The first-order chi connectivity index (χ1) is 10.2. The van der Waals surface area contributed by atoms with E-state index in [2.05, 4.69) is 6.92 Å². The molecule has 0 heterocycles. The summed E-state index contributed by atoms with van der Waals surface area (Å²) in [7, 11) is 3.68. The molecule has 3 heteroatoms. The summed E-state index contributed by atoms with van der Waals surface area (Å²) in [5.74, 6) is 2.20. The van der Waals surface area contributed by atoms with Crippen LogP contribution in [0, 0.1) is 17.3 Å².